The third-order valence-electron chi connectivity index (χ3n) is 9.37. The van der Waals surface area contributed by atoms with Crippen molar-refractivity contribution in [3.8, 4) is 0 Å². The second-order valence-corrected chi connectivity index (χ2v) is 13.8. The Morgan fingerprint density at radius 1 is 0.533 bits per heavy atom. The van der Waals surface area contributed by atoms with Crippen molar-refractivity contribution in [1.29, 1.82) is 0 Å². The summed E-state index contributed by atoms with van der Waals surface area (Å²) < 4.78 is 0. The molecule has 0 aromatic rings. The molecule has 0 spiro atoms. The number of aliphatic hydroxyl groups is 3. The quantitative estimate of drug-likeness (QED) is 0.0406. The second-order valence-electron chi connectivity index (χ2n) is 13.8. The fourth-order valence-electron chi connectivity index (χ4n) is 6.21. The molecule has 5 nitrogen and oxygen atoms in total. The normalized spacial score (nSPS) is 13.8. The minimum atomic E-state index is -1.13. The van der Waals surface area contributed by atoms with E-state index in [2.05, 4.69) is 31.3 Å². The van der Waals surface area contributed by atoms with Crippen molar-refractivity contribution in [3.63, 3.8) is 0 Å². The first-order valence-electron chi connectivity index (χ1n) is 20.0. The average molecular weight is 638 g/mol. The van der Waals surface area contributed by atoms with E-state index >= 15 is 0 Å². The lowest BCUT2D eigenvalue weighted by molar-refractivity contribution is -0.124. The second kappa shape index (κ2) is 35.9. The molecule has 0 rings (SSSR count). The van der Waals surface area contributed by atoms with Crippen LogP contribution in [0.4, 0.5) is 0 Å². The molecule has 0 aromatic carbocycles. The van der Waals surface area contributed by atoms with Gasteiger partial charge in [0, 0.05) is 6.42 Å². The molecule has 0 aromatic heterocycles. The summed E-state index contributed by atoms with van der Waals surface area (Å²) in [7, 11) is 0. The van der Waals surface area contributed by atoms with Crippen LogP contribution in [0.5, 0.6) is 0 Å². The zero-order valence-electron chi connectivity index (χ0n) is 30.3. The number of nitrogens with one attached hydrogen (secondary N) is 1. The summed E-state index contributed by atoms with van der Waals surface area (Å²) in [4.78, 5) is 12.4. The molecule has 3 atom stereocenters. The monoisotopic (exact) mass is 638 g/mol. The van der Waals surface area contributed by atoms with E-state index in [-0.39, 0.29) is 12.5 Å². The molecule has 0 saturated carbocycles. The number of aliphatic hydroxyl groups excluding tert-OH is 3. The summed E-state index contributed by atoms with van der Waals surface area (Å²) in [5.74, 6) is -0.149. The predicted octanol–water partition coefficient (Wildman–Crippen LogP) is 10.9. The summed E-state index contributed by atoms with van der Waals surface area (Å²) in [6.07, 6.45) is 40.3. The van der Waals surface area contributed by atoms with Gasteiger partial charge < -0.3 is 20.6 Å². The molecule has 0 aliphatic heterocycles. The summed E-state index contributed by atoms with van der Waals surface area (Å²) in [5.41, 5.74) is 0. The van der Waals surface area contributed by atoms with E-state index in [0.717, 1.165) is 38.5 Å². The molecule has 0 bridgehead atoms. The van der Waals surface area contributed by atoms with Crippen LogP contribution in [-0.2, 0) is 4.79 Å². The number of hydrogen-bond acceptors (Lipinski definition) is 4. The first-order chi connectivity index (χ1) is 22.1. The molecule has 0 saturated heterocycles. The molecular weight excluding hydrogens is 558 g/mol. The maximum atomic E-state index is 12.4. The molecule has 3 unspecified atom stereocenters. The number of rotatable bonds is 36. The largest absolute Gasteiger partial charge is 0.394 e. The van der Waals surface area contributed by atoms with Crippen LogP contribution in [0.25, 0.3) is 0 Å². The Morgan fingerprint density at radius 2 is 0.889 bits per heavy atom. The highest BCUT2D eigenvalue weighted by atomic mass is 16.3. The van der Waals surface area contributed by atoms with Crippen LogP contribution in [0.2, 0.25) is 0 Å². The summed E-state index contributed by atoms with van der Waals surface area (Å²) in [5, 5.41) is 33.3. The summed E-state index contributed by atoms with van der Waals surface area (Å²) in [6, 6.07) is -0.806. The number of hydrogen-bond donors (Lipinski definition) is 4. The standard InChI is InChI=1S/C40H79NO4/c1-3-5-7-9-11-13-15-16-17-18-19-20-21-22-23-24-25-27-29-31-33-35-39(44)41-37(36-42)40(45)38(43)34-32-30-28-26-14-12-10-8-6-4-2/h20-21,37-38,40,42-43,45H,3-19,22-36H2,1-2H3,(H,41,44)/b21-20-. The molecular formula is C40H79NO4. The van der Waals surface area contributed by atoms with Crippen LogP contribution in [-0.4, -0.2) is 46.1 Å². The predicted molar refractivity (Wildman–Crippen MR) is 195 cm³/mol. The van der Waals surface area contributed by atoms with Crippen molar-refractivity contribution in [1.82, 2.24) is 5.32 Å². The Balaban J connectivity index is 3.61. The van der Waals surface area contributed by atoms with Crippen molar-refractivity contribution in [3.05, 3.63) is 12.2 Å². The fraction of sp³-hybridized carbons (Fsp3) is 0.925. The van der Waals surface area contributed by atoms with Gasteiger partial charge in [0.2, 0.25) is 5.91 Å². The maximum Gasteiger partial charge on any atom is 0.220 e. The zero-order chi connectivity index (χ0) is 33.1. The molecule has 0 fully saturated rings. The molecule has 4 N–H and O–H groups in total. The Hall–Kier alpha value is -0.910. The van der Waals surface area contributed by atoms with Crippen LogP contribution >= 0.6 is 0 Å². The van der Waals surface area contributed by atoms with Gasteiger partial charge in [-0.15, -0.1) is 0 Å². The van der Waals surface area contributed by atoms with Crippen molar-refractivity contribution >= 4 is 5.91 Å². The number of unbranched alkanes of at least 4 members (excludes halogenated alkanes) is 26. The van der Waals surface area contributed by atoms with Gasteiger partial charge in [-0.3, -0.25) is 4.79 Å². The third-order valence-corrected chi connectivity index (χ3v) is 9.37. The van der Waals surface area contributed by atoms with Gasteiger partial charge in [-0.2, -0.15) is 0 Å². The Labute approximate surface area is 280 Å². The van der Waals surface area contributed by atoms with Gasteiger partial charge in [0.25, 0.3) is 0 Å². The molecule has 0 radical (unpaired) electrons. The van der Waals surface area contributed by atoms with Gasteiger partial charge >= 0.3 is 0 Å². The molecule has 5 heteroatoms. The zero-order valence-corrected chi connectivity index (χ0v) is 30.3. The van der Waals surface area contributed by atoms with Crippen LogP contribution in [0, 0.1) is 0 Å². The van der Waals surface area contributed by atoms with Crippen LogP contribution in [0.15, 0.2) is 12.2 Å². The molecule has 268 valence electrons. The van der Waals surface area contributed by atoms with E-state index in [1.807, 2.05) is 0 Å². The Kier molecular flexibility index (Phi) is 35.2. The highest BCUT2D eigenvalue weighted by molar-refractivity contribution is 5.76. The minimum absolute atomic E-state index is 0.149. The molecule has 0 heterocycles. The first-order valence-corrected chi connectivity index (χ1v) is 20.0. The van der Waals surface area contributed by atoms with Gasteiger partial charge in [0.15, 0.2) is 0 Å². The smallest absolute Gasteiger partial charge is 0.220 e. The van der Waals surface area contributed by atoms with Gasteiger partial charge in [0.05, 0.1) is 18.8 Å². The van der Waals surface area contributed by atoms with Crippen molar-refractivity contribution in [2.45, 2.75) is 231 Å². The van der Waals surface area contributed by atoms with Crippen molar-refractivity contribution in [2.75, 3.05) is 6.61 Å². The summed E-state index contributed by atoms with van der Waals surface area (Å²) in [6.45, 7) is 4.16. The summed E-state index contributed by atoms with van der Waals surface area (Å²) >= 11 is 0. The number of carbonyl (C=O) groups excluding carboxylic acids is 1. The Morgan fingerprint density at radius 3 is 1.29 bits per heavy atom. The van der Waals surface area contributed by atoms with Crippen LogP contribution in [0.1, 0.15) is 213 Å². The van der Waals surface area contributed by atoms with E-state index in [9.17, 15) is 20.1 Å². The van der Waals surface area contributed by atoms with E-state index in [4.69, 9.17) is 0 Å². The lowest BCUT2D eigenvalue weighted by atomic mass is 9.99. The van der Waals surface area contributed by atoms with E-state index in [1.165, 1.54) is 148 Å². The Bertz CT molecular complexity index is 625. The third kappa shape index (κ3) is 31.5. The first kappa shape index (κ1) is 44.1. The van der Waals surface area contributed by atoms with Crippen molar-refractivity contribution in [2.24, 2.45) is 0 Å². The maximum absolute atomic E-state index is 12.4. The molecule has 1 amide bonds. The molecule has 0 aliphatic carbocycles. The van der Waals surface area contributed by atoms with E-state index in [1.54, 1.807) is 0 Å². The number of carbonyl (C=O) groups is 1. The lowest BCUT2D eigenvalue weighted by Gasteiger charge is -2.26. The van der Waals surface area contributed by atoms with E-state index in [0.29, 0.717) is 12.8 Å². The van der Waals surface area contributed by atoms with Crippen LogP contribution in [0.3, 0.4) is 0 Å². The highest BCUT2D eigenvalue weighted by Crippen LogP contribution is 2.15. The SMILES string of the molecule is CCCCCCCCCCCC/C=C\CCCCCCCCCC(=O)NC(CO)C(O)C(O)CCCCCCCCCCCC. The van der Waals surface area contributed by atoms with Crippen LogP contribution < -0.4 is 5.32 Å². The number of amides is 1. The number of allylic oxidation sites excluding steroid dienone is 2. The fourth-order valence-corrected chi connectivity index (χ4v) is 6.21. The minimum Gasteiger partial charge on any atom is -0.394 e. The molecule has 45 heavy (non-hydrogen) atoms. The molecule has 0 aliphatic rings. The van der Waals surface area contributed by atoms with Gasteiger partial charge in [-0.1, -0.05) is 180 Å². The van der Waals surface area contributed by atoms with Gasteiger partial charge in [-0.25, -0.2) is 0 Å². The topological polar surface area (TPSA) is 89.8 Å². The van der Waals surface area contributed by atoms with Crippen molar-refractivity contribution < 1.29 is 20.1 Å². The van der Waals surface area contributed by atoms with Gasteiger partial charge in [0.1, 0.15) is 6.10 Å². The highest BCUT2D eigenvalue weighted by Gasteiger charge is 2.26. The van der Waals surface area contributed by atoms with Gasteiger partial charge in [-0.05, 0) is 38.5 Å². The van der Waals surface area contributed by atoms with E-state index < -0.39 is 18.2 Å². The lowest BCUT2D eigenvalue weighted by Crippen LogP contribution is -2.50. The average Bonchev–Trinajstić information content (AvgIpc) is 3.04.